The average molecular weight is 444 g/mol. The SMILES string of the molecule is C=C1[C@H](O)CC(=C/C=C2\CCC[C@]3(C)[C@@H]([C@H](C)CN4CCC[C@@](C)(O)C4)CC[C@@H]23)C[C@H]1O. The molecule has 0 unspecified atom stereocenters. The first-order chi connectivity index (χ1) is 15.1. The second-order valence-electron chi connectivity index (χ2n) is 12.0. The Hall–Kier alpha value is -0.940. The Kier molecular flexibility index (Phi) is 7.08. The quantitative estimate of drug-likeness (QED) is 0.555. The number of piperidine rings is 1. The van der Waals surface area contributed by atoms with Crippen LogP contribution in [0.25, 0.3) is 0 Å². The normalized spacial score (nSPS) is 43.4. The number of likely N-dealkylation sites (tertiary alicyclic amines) is 1. The van der Waals surface area contributed by atoms with Crippen LogP contribution in [0.5, 0.6) is 0 Å². The van der Waals surface area contributed by atoms with Crippen molar-refractivity contribution in [2.24, 2.45) is 23.2 Å². The number of nitrogens with zero attached hydrogens (tertiary/aromatic N) is 1. The van der Waals surface area contributed by atoms with Gasteiger partial charge in [-0.15, -0.1) is 0 Å². The number of aliphatic hydroxyl groups is 3. The summed E-state index contributed by atoms with van der Waals surface area (Å²) in [5.41, 5.74) is 3.11. The second-order valence-corrected chi connectivity index (χ2v) is 12.0. The van der Waals surface area contributed by atoms with Crippen LogP contribution in [-0.4, -0.2) is 57.7 Å². The summed E-state index contributed by atoms with van der Waals surface area (Å²) in [6, 6.07) is 0. The van der Waals surface area contributed by atoms with E-state index in [1.807, 2.05) is 6.92 Å². The van der Waals surface area contributed by atoms with E-state index in [1.54, 1.807) is 5.57 Å². The molecule has 3 saturated carbocycles. The molecule has 0 aromatic rings. The molecule has 4 heteroatoms. The van der Waals surface area contributed by atoms with Crippen molar-refractivity contribution in [3.63, 3.8) is 0 Å². The van der Waals surface area contributed by atoms with E-state index in [2.05, 4.69) is 37.5 Å². The molecular formula is C28H45NO3. The van der Waals surface area contributed by atoms with Gasteiger partial charge in [-0.3, -0.25) is 0 Å². The zero-order valence-electron chi connectivity index (χ0n) is 20.5. The van der Waals surface area contributed by atoms with E-state index < -0.39 is 17.8 Å². The molecule has 4 fully saturated rings. The monoisotopic (exact) mass is 443 g/mol. The first-order valence-corrected chi connectivity index (χ1v) is 13.0. The summed E-state index contributed by atoms with van der Waals surface area (Å²) in [6.45, 7) is 13.8. The van der Waals surface area contributed by atoms with Gasteiger partial charge in [-0.05, 0) is 100.0 Å². The Morgan fingerprint density at radius 2 is 1.81 bits per heavy atom. The van der Waals surface area contributed by atoms with Crippen LogP contribution >= 0.6 is 0 Å². The lowest BCUT2D eigenvalue weighted by Gasteiger charge is -2.46. The van der Waals surface area contributed by atoms with Crippen LogP contribution in [0.4, 0.5) is 0 Å². The summed E-state index contributed by atoms with van der Waals surface area (Å²) in [4.78, 5) is 2.50. The molecule has 3 N–H and O–H groups in total. The summed E-state index contributed by atoms with van der Waals surface area (Å²) in [6.07, 6.45) is 12.8. The van der Waals surface area contributed by atoms with Gasteiger partial charge in [0.2, 0.25) is 0 Å². The Morgan fingerprint density at radius 1 is 1.09 bits per heavy atom. The van der Waals surface area contributed by atoms with Crippen LogP contribution < -0.4 is 0 Å². The first-order valence-electron chi connectivity index (χ1n) is 13.0. The topological polar surface area (TPSA) is 63.9 Å². The Morgan fingerprint density at radius 3 is 2.50 bits per heavy atom. The molecule has 0 amide bonds. The van der Waals surface area contributed by atoms with Crippen molar-refractivity contribution < 1.29 is 15.3 Å². The molecule has 1 saturated heterocycles. The third-order valence-corrected chi connectivity index (χ3v) is 9.33. The van der Waals surface area contributed by atoms with Crippen molar-refractivity contribution >= 4 is 0 Å². The number of hydrogen-bond donors (Lipinski definition) is 3. The van der Waals surface area contributed by atoms with E-state index in [0.29, 0.717) is 35.7 Å². The van der Waals surface area contributed by atoms with Gasteiger partial charge in [-0.1, -0.05) is 43.7 Å². The summed E-state index contributed by atoms with van der Waals surface area (Å²) < 4.78 is 0. The highest BCUT2D eigenvalue weighted by atomic mass is 16.3. The van der Waals surface area contributed by atoms with Crippen LogP contribution in [0.15, 0.2) is 35.5 Å². The molecule has 4 aliphatic rings. The summed E-state index contributed by atoms with van der Waals surface area (Å²) >= 11 is 0. The van der Waals surface area contributed by atoms with Gasteiger partial charge >= 0.3 is 0 Å². The smallest absolute Gasteiger partial charge is 0.0809 e. The number of β-amino-alcohol motifs (C(OH)–C–C–N with tert-alkyl or cyclic N) is 1. The zero-order chi connectivity index (χ0) is 23.1. The van der Waals surface area contributed by atoms with Gasteiger partial charge in [0.1, 0.15) is 0 Å². The number of rotatable bonds is 4. The van der Waals surface area contributed by atoms with E-state index in [9.17, 15) is 15.3 Å². The van der Waals surface area contributed by atoms with Crippen molar-refractivity contribution in [2.75, 3.05) is 19.6 Å². The molecule has 0 spiro atoms. The van der Waals surface area contributed by atoms with Crippen LogP contribution in [0.2, 0.25) is 0 Å². The molecular weight excluding hydrogens is 398 g/mol. The second kappa shape index (κ2) is 9.37. The fourth-order valence-electron chi connectivity index (χ4n) is 7.65. The van der Waals surface area contributed by atoms with Crippen molar-refractivity contribution in [3.05, 3.63) is 35.5 Å². The standard InChI is InChI=1S/C28H45NO3/c1-19(17-29-14-6-12-27(3,32)18-29)23-10-11-24-22(7-5-13-28(23,24)4)9-8-21-15-25(30)20(2)26(31)16-21/h8-9,19,23-26,30-32H,2,5-7,10-18H2,1,3-4H3/b22-9+/t19-,23-,24+,25-,26-,27-,28-/m1/s1. The molecule has 0 aromatic carbocycles. The minimum atomic E-state index is -0.618. The predicted molar refractivity (Wildman–Crippen MR) is 130 cm³/mol. The van der Waals surface area contributed by atoms with E-state index >= 15 is 0 Å². The maximum Gasteiger partial charge on any atom is 0.0809 e. The van der Waals surface area contributed by atoms with Gasteiger partial charge in [-0.2, -0.15) is 0 Å². The van der Waals surface area contributed by atoms with Crippen LogP contribution in [-0.2, 0) is 0 Å². The van der Waals surface area contributed by atoms with Gasteiger partial charge in [0, 0.05) is 13.1 Å². The largest absolute Gasteiger partial charge is 0.389 e. The van der Waals surface area contributed by atoms with E-state index in [0.717, 1.165) is 44.0 Å². The van der Waals surface area contributed by atoms with Crippen LogP contribution in [0.1, 0.15) is 78.6 Å². The molecule has 0 radical (unpaired) electrons. The fraction of sp³-hybridized carbons (Fsp3) is 0.786. The summed E-state index contributed by atoms with van der Waals surface area (Å²) in [5.74, 6) is 2.03. The van der Waals surface area contributed by atoms with Gasteiger partial charge < -0.3 is 20.2 Å². The van der Waals surface area contributed by atoms with Gasteiger partial charge in [0.25, 0.3) is 0 Å². The van der Waals surface area contributed by atoms with Crippen molar-refractivity contribution in [3.8, 4) is 0 Å². The maximum absolute atomic E-state index is 10.5. The lowest BCUT2D eigenvalue weighted by atomic mass is 9.61. The van der Waals surface area contributed by atoms with Crippen LogP contribution in [0, 0.1) is 23.2 Å². The highest BCUT2D eigenvalue weighted by molar-refractivity contribution is 5.29. The molecule has 3 aliphatic carbocycles. The minimum Gasteiger partial charge on any atom is -0.389 e. The Balaban J connectivity index is 1.44. The molecule has 180 valence electrons. The maximum atomic E-state index is 10.5. The van der Waals surface area contributed by atoms with Crippen LogP contribution in [0.3, 0.4) is 0 Å². The summed E-state index contributed by atoms with van der Waals surface area (Å²) in [7, 11) is 0. The highest BCUT2D eigenvalue weighted by Gasteiger charge is 2.51. The number of aliphatic hydroxyl groups excluding tert-OH is 2. The molecule has 0 bridgehead atoms. The molecule has 1 heterocycles. The lowest BCUT2D eigenvalue weighted by Crippen LogP contribution is -2.48. The number of fused-ring (bicyclic) bond motifs is 1. The number of allylic oxidation sites excluding steroid dienone is 3. The predicted octanol–water partition coefficient (Wildman–Crippen LogP) is 4.61. The minimum absolute atomic E-state index is 0.361. The third-order valence-electron chi connectivity index (χ3n) is 9.33. The van der Waals surface area contributed by atoms with Crippen molar-refractivity contribution in [1.29, 1.82) is 0 Å². The molecule has 32 heavy (non-hydrogen) atoms. The molecule has 7 atom stereocenters. The van der Waals surface area contributed by atoms with Gasteiger partial charge in [-0.25, -0.2) is 0 Å². The third kappa shape index (κ3) is 4.94. The average Bonchev–Trinajstić information content (AvgIpc) is 3.07. The van der Waals surface area contributed by atoms with E-state index in [1.165, 1.54) is 32.1 Å². The molecule has 4 rings (SSSR count). The highest BCUT2D eigenvalue weighted by Crippen LogP contribution is 2.59. The molecule has 1 aliphatic heterocycles. The molecule has 0 aromatic heterocycles. The van der Waals surface area contributed by atoms with Crippen molar-refractivity contribution in [2.45, 2.75) is 96.4 Å². The Bertz CT molecular complexity index is 753. The van der Waals surface area contributed by atoms with Crippen molar-refractivity contribution in [1.82, 2.24) is 4.90 Å². The van der Waals surface area contributed by atoms with E-state index in [4.69, 9.17) is 0 Å². The number of hydrogen-bond acceptors (Lipinski definition) is 4. The summed E-state index contributed by atoms with van der Waals surface area (Å²) in [5, 5.41) is 30.9. The fourth-order valence-corrected chi connectivity index (χ4v) is 7.65. The molecule has 4 nitrogen and oxygen atoms in total. The first kappa shape index (κ1) is 24.2. The zero-order valence-corrected chi connectivity index (χ0v) is 20.5. The van der Waals surface area contributed by atoms with E-state index in [-0.39, 0.29) is 0 Å². The lowest BCUT2D eigenvalue weighted by molar-refractivity contribution is -0.0262. The van der Waals surface area contributed by atoms with Gasteiger partial charge in [0.05, 0.1) is 17.8 Å². The van der Waals surface area contributed by atoms with Gasteiger partial charge in [0.15, 0.2) is 0 Å². The Labute approximate surface area is 195 Å².